The van der Waals surface area contributed by atoms with Crippen LogP contribution in [0.3, 0.4) is 0 Å². The summed E-state index contributed by atoms with van der Waals surface area (Å²) in [4.78, 5) is 12.3. The van der Waals surface area contributed by atoms with Crippen molar-refractivity contribution in [2.45, 2.75) is 11.8 Å². The third-order valence-corrected chi connectivity index (χ3v) is 4.46. The van der Waals surface area contributed by atoms with Gasteiger partial charge in [0.2, 0.25) is 0 Å². The second-order valence-corrected chi connectivity index (χ2v) is 6.67. The number of hydrogen-bond acceptors (Lipinski definition) is 6. The number of esters is 1. The molecule has 0 amide bonds. The highest BCUT2D eigenvalue weighted by Gasteiger charge is 2.20. The lowest BCUT2D eigenvalue weighted by Crippen LogP contribution is -2.19. The van der Waals surface area contributed by atoms with E-state index < -0.39 is 15.2 Å². The molecule has 1 heterocycles. The molecule has 7 heteroatoms. The molecule has 2 N–H and O–H groups in total. The smallest absolute Gasteiger partial charge is 0.310 e. The van der Waals surface area contributed by atoms with Crippen LogP contribution in [0.1, 0.15) is 15.1 Å². The molecule has 5 nitrogen and oxygen atoms in total. The van der Waals surface area contributed by atoms with Crippen LogP contribution in [0.4, 0.5) is 0 Å². The van der Waals surface area contributed by atoms with Crippen molar-refractivity contribution >= 4 is 27.1 Å². The molecule has 0 aromatic carbocycles. The minimum absolute atomic E-state index is 0.137. The molecule has 0 saturated heterocycles. The summed E-state index contributed by atoms with van der Waals surface area (Å²) in [5.74, 6) is -0.360. The van der Waals surface area contributed by atoms with E-state index in [0.29, 0.717) is 4.88 Å². The molecule has 0 fully saturated rings. The maximum atomic E-state index is 11.2. The lowest BCUT2D eigenvalue weighted by atomic mass is 10.3. The fourth-order valence-electron chi connectivity index (χ4n) is 1.07. The first-order chi connectivity index (χ1) is 7.34. The van der Waals surface area contributed by atoms with E-state index in [9.17, 15) is 13.2 Å². The maximum Gasteiger partial charge on any atom is 0.310 e. The first-order valence-electron chi connectivity index (χ1n) is 4.44. The Labute approximate surface area is 98.1 Å². The zero-order chi connectivity index (χ0) is 12.3. The molecule has 0 aliphatic rings. The van der Waals surface area contributed by atoms with Crippen LogP contribution in [-0.4, -0.2) is 27.8 Å². The van der Waals surface area contributed by atoms with E-state index in [0.717, 1.165) is 11.1 Å². The summed E-state index contributed by atoms with van der Waals surface area (Å²) >= 11 is 1.21. The summed E-state index contributed by atoms with van der Waals surface area (Å²) in [6.07, 6.45) is 1.22. The minimum Gasteiger partial charge on any atom is -0.469 e. The van der Waals surface area contributed by atoms with Gasteiger partial charge in [0.05, 0.1) is 13.5 Å². The van der Waals surface area contributed by atoms with E-state index in [1.54, 1.807) is 12.1 Å². The van der Waals surface area contributed by atoms with E-state index in [1.165, 1.54) is 18.4 Å². The van der Waals surface area contributed by atoms with E-state index >= 15 is 0 Å². The van der Waals surface area contributed by atoms with Gasteiger partial charge in [-0.1, -0.05) is 0 Å². The molecule has 1 atom stereocenters. The number of sulfone groups is 1. The molecule has 1 aromatic heterocycles. The van der Waals surface area contributed by atoms with Gasteiger partial charge in [-0.3, -0.25) is 4.79 Å². The first kappa shape index (κ1) is 13.1. The summed E-state index contributed by atoms with van der Waals surface area (Å²) in [6, 6.07) is 3.30. The molecule has 90 valence electrons. The van der Waals surface area contributed by atoms with Crippen molar-refractivity contribution in [3.8, 4) is 0 Å². The Hall–Kier alpha value is -0.920. The molecule has 0 aliphatic heterocycles. The molecular formula is C9H13NO4S2. The van der Waals surface area contributed by atoms with Crippen LogP contribution in [0.25, 0.3) is 0 Å². The zero-order valence-electron chi connectivity index (χ0n) is 8.97. The van der Waals surface area contributed by atoms with Crippen LogP contribution in [0.5, 0.6) is 0 Å². The molecule has 16 heavy (non-hydrogen) atoms. The average Bonchev–Trinajstić information content (AvgIpc) is 2.63. The summed E-state index contributed by atoms with van der Waals surface area (Å²) < 4.78 is 26.9. The van der Waals surface area contributed by atoms with Gasteiger partial charge < -0.3 is 10.5 Å². The van der Waals surface area contributed by atoms with Crippen molar-refractivity contribution in [2.75, 3.05) is 13.4 Å². The molecule has 1 aromatic rings. The predicted molar refractivity (Wildman–Crippen MR) is 61.8 cm³/mol. The largest absolute Gasteiger partial charge is 0.469 e. The van der Waals surface area contributed by atoms with Crippen LogP contribution in [0, 0.1) is 0 Å². The highest BCUT2D eigenvalue weighted by Crippen LogP contribution is 2.25. The highest BCUT2D eigenvalue weighted by molar-refractivity contribution is 7.91. The van der Waals surface area contributed by atoms with Gasteiger partial charge in [0.25, 0.3) is 0 Å². The fourth-order valence-corrected chi connectivity index (χ4v) is 3.12. The zero-order valence-corrected chi connectivity index (χ0v) is 10.6. The van der Waals surface area contributed by atoms with Gasteiger partial charge >= 0.3 is 5.97 Å². The van der Waals surface area contributed by atoms with Gasteiger partial charge in [0.15, 0.2) is 9.84 Å². The van der Waals surface area contributed by atoms with E-state index in [1.807, 2.05) is 0 Å². The number of nitrogens with two attached hydrogens (primary N) is 1. The monoisotopic (exact) mass is 263 g/mol. The number of carbonyl (C=O) groups is 1. The Balaban J connectivity index is 2.83. The van der Waals surface area contributed by atoms with Gasteiger partial charge in [-0.15, -0.1) is 11.3 Å². The standard InChI is InChI=1S/C9H13NO4S2/c1-14-8(11)5-6-3-4-7(15-6)9(10)16(2,12)13/h3-4,9H,5,10H2,1-2H3. The molecule has 0 bridgehead atoms. The van der Waals surface area contributed by atoms with Gasteiger partial charge in [-0.05, 0) is 12.1 Å². The lowest BCUT2D eigenvalue weighted by Gasteiger charge is -2.05. The Morgan fingerprint density at radius 2 is 2.19 bits per heavy atom. The molecule has 0 saturated carbocycles. The molecule has 0 spiro atoms. The average molecular weight is 263 g/mol. The number of carbonyl (C=O) groups excluding carboxylic acids is 1. The van der Waals surface area contributed by atoms with E-state index in [4.69, 9.17) is 5.73 Å². The van der Waals surface area contributed by atoms with Crippen molar-refractivity contribution in [1.82, 2.24) is 0 Å². The van der Waals surface area contributed by atoms with Crippen LogP contribution in [0.15, 0.2) is 12.1 Å². The molecular weight excluding hydrogens is 250 g/mol. The SMILES string of the molecule is COC(=O)Cc1ccc(C(N)S(C)(=O)=O)s1. The van der Waals surface area contributed by atoms with Crippen molar-refractivity contribution in [3.05, 3.63) is 21.9 Å². The van der Waals surface area contributed by atoms with Gasteiger partial charge in [0, 0.05) is 16.0 Å². The summed E-state index contributed by atoms with van der Waals surface area (Å²) in [5, 5.41) is -1.02. The summed E-state index contributed by atoms with van der Waals surface area (Å²) in [7, 11) is -2.00. The third-order valence-electron chi connectivity index (χ3n) is 1.97. The third kappa shape index (κ3) is 3.29. The number of hydrogen-bond donors (Lipinski definition) is 1. The lowest BCUT2D eigenvalue weighted by molar-refractivity contribution is -0.139. The predicted octanol–water partition coefficient (Wildman–Crippen LogP) is 0.466. The van der Waals surface area contributed by atoms with Crippen LogP contribution in [0.2, 0.25) is 0 Å². The second kappa shape index (κ2) is 4.94. The van der Waals surface area contributed by atoms with Gasteiger partial charge in [0.1, 0.15) is 5.37 Å². The van der Waals surface area contributed by atoms with Crippen molar-refractivity contribution < 1.29 is 17.9 Å². The Morgan fingerprint density at radius 3 is 2.69 bits per heavy atom. The summed E-state index contributed by atoms with van der Waals surface area (Å²) in [5.41, 5.74) is 5.55. The topological polar surface area (TPSA) is 86.5 Å². The normalized spacial score (nSPS) is 13.4. The van der Waals surface area contributed by atoms with Crippen LogP contribution >= 0.6 is 11.3 Å². The van der Waals surface area contributed by atoms with Crippen LogP contribution in [-0.2, 0) is 25.8 Å². The molecule has 0 radical (unpaired) electrons. The Kier molecular flexibility index (Phi) is 4.06. The van der Waals surface area contributed by atoms with E-state index in [-0.39, 0.29) is 12.4 Å². The fraction of sp³-hybridized carbons (Fsp3) is 0.444. The van der Waals surface area contributed by atoms with E-state index in [2.05, 4.69) is 4.74 Å². The Morgan fingerprint density at radius 1 is 1.56 bits per heavy atom. The Bertz CT molecular complexity index is 477. The molecule has 1 rings (SSSR count). The van der Waals surface area contributed by atoms with Crippen molar-refractivity contribution in [3.63, 3.8) is 0 Å². The van der Waals surface area contributed by atoms with Crippen molar-refractivity contribution in [1.29, 1.82) is 0 Å². The van der Waals surface area contributed by atoms with Gasteiger partial charge in [-0.25, -0.2) is 8.42 Å². The van der Waals surface area contributed by atoms with Crippen molar-refractivity contribution in [2.24, 2.45) is 5.73 Å². The highest BCUT2D eigenvalue weighted by atomic mass is 32.2. The number of methoxy groups -OCH3 is 1. The van der Waals surface area contributed by atoms with Gasteiger partial charge in [-0.2, -0.15) is 0 Å². The second-order valence-electron chi connectivity index (χ2n) is 3.31. The number of ether oxygens (including phenoxy) is 1. The molecule has 0 aliphatic carbocycles. The number of rotatable bonds is 4. The summed E-state index contributed by atoms with van der Waals surface area (Å²) in [6.45, 7) is 0. The minimum atomic E-state index is -3.30. The molecule has 1 unspecified atom stereocenters. The maximum absolute atomic E-state index is 11.2. The first-order valence-corrected chi connectivity index (χ1v) is 7.21. The quantitative estimate of drug-likeness (QED) is 0.798. The number of thiophene rings is 1. The van der Waals surface area contributed by atoms with Crippen LogP contribution < -0.4 is 5.73 Å².